The lowest BCUT2D eigenvalue weighted by atomic mass is 10.1. The molecule has 2 aromatic heterocycles. The van der Waals surface area contributed by atoms with E-state index in [0.717, 1.165) is 22.0 Å². The van der Waals surface area contributed by atoms with E-state index in [-0.39, 0.29) is 11.5 Å². The van der Waals surface area contributed by atoms with Crippen LogP contribution in [0.4, 0.5) is 0 Å². The molecule has 2 aromatic carbocycles. The van der Waals surface area contributed by atoms with E-state index in [1.54, 1.807) is 6.20 Å². The number of H-pyrrole nitrogens is 1. The van der Waals surface area contributed by atoms with Crippen LogP contribution in [0.3, 0.4) is 0 Å². The number of benzene rings is 2. The van der Waals surface area contributed by atoms with Crippen LogP contribution in [-0.4, -0.2) is 26.7 Å². The molecule has 124 valence electrons. The molecular formula is C19H15N3O2S. The Bertz CT molecular complexity index is 1050. The van der Waals surface area contributed by atoms with Crippen LogP contribution in [0, 0.1) is 6.92 Å². The average Bonchev–Trinajstić information content (AvgIpc) is 3.27. The summed E-state index contributed by atoms with van der Waals surface area (Å²) in [5.41, 5.74) is 3.64. The fourth-order valence-electron chi connectivity index (χ4n) is 2.67. The summed E-state index contributed by atoms with van der Waals surface area (Å²) in [6.45, 7) is 2.01. The predicted molar refractivity (Wildman–Crippen MR) is 97.8 cm³/mol. The first-order valence-electron chi connectivity index (χ1n) is 7.83. The zero-order chi connectivity index (χ0) is 17.2. The van der Waals surface area contributed by atoms with Crippen LogP contribution in [0.5, 0.6) is 0 Å². The molecular weight excluding hydrogens is 334 g/mol. The number of carbonyl (C=O) groups excluding carboxylic acids is 1. The van der Waals surface area contributed by atoms with Gasteiger partial charge in [-0.1, -0.05) is 47.7 Å². The number of Topliss-reactive ketones (excluding diaryl/α,β-unsaturated/α-hetero) is 1. The summed E-state index contributed by atoms with van der Waals surface area (Å²) in [4.78, 5) is 15.6. The number of aryl methyl sites for hydroxylation is 1. The first-order chi connectivity index (χ1) is 12.2. The molecule has 0 aliphatic heterocycles. The summed E-state index contributed by atoms with van der Waals surface area (Å²) in [5.74, 6) is 0.737. The van der Waals surface area contributed by atoms with E-state index in [1.807, 2.05) is 55.5 Å². The number of ketones is 1. The van der Waals surface area contributed by atoms with Gasteiger partial charge < -0.3 is 9.40 Å². The Morgan fingerprint density at radius 2 is 2.04 bits per heavy atom. The number of hydrogen-bond donors (Lipinski definition) is 1. The molecule has 0 spiro atoms. The molecule has 0 unspecified atom stereocenters. The second-order valence-electron chi connectivity index (χ2n) is 5.70. The fourth-order valence-corrected chi connectivity index (χ4v) is 3.32. The van der Waals surface area contributed by atoms with Gasteiger partial charge in [0, 0.05) is 28.2 Å². The first kappa shape index (κ1) is 15.7. The van der Waals surface area contributed by atoms with Gasteiger partial charge >= 0.3 is 0 Å². The number of fused-ring (bicyclic) bond motifs is 1. The summed E-state index contributed by atoms with van der Waals surface area (Å²) in [6.07, 6.45) is 1.75. The van der Waals surface area contributed by atoms with Crippen LogP contribution in [0.25, 0.3) is 22.4 Å². The van der Waals surface area contributed by atoms with Gasteiger partial charge in [0.1, 0.15) is 0 Å². The van der Waals surface area contributed by atoms with Crippen molar-refractivity contribution >= 4 is 28.4 Å². The monoisotopic (exact) mass is 349 g/mol. The number of hydrogen-bond acceptors (Lipinski definition) is 5. The van der Waals surface area contributed by atoms with Gasteiger partial charge in [-0.3, -0.25) is 4.79 Å². The van der Waals surface area contributed by atoms with Gasteiger partial charge in [-0.15, -0.1) is 10.2 Å². The number of nitrogens with one attached hydrogen (secondary N) is 1. The Kier molecular flexibility index (Phi) is 4.11. The lowest BCUT2D eigenvalue weighted by Crippen LogP contribution is -2.01. The van der Waals surface area contributed by atoms with Gasteiger partial charge in [0.05, 0.1) is 5.75 Å². The molecule has 6 heteroatoms. The Balaban J connectivity index is 1.47. The molecule has 0 saturated carbocycles. The molecule has 2 heterocycles. The van der Waals surface area contributed by atoms with Crippen molar-refractivity contribution in [1.82, 2.24) is 15.2 Å². The highest BCUT2D eigenvalue weighted by molar-refractivity contribution is 7.99. The number of rotatable bonds is 5. The molecule has 0 bridgehead atoms. The number of aromatic amines is 1. The van der Waals surface area contributed by atoms with E-state index in [2.05, 4.69) is 15.2 Å². The topological polar surface area (TPSA) is 71.8 Å². The summed E-state index contributed by atoms with van der Waals surface area (Å²) >= 11 is 1.25. The number of para-hydroxylation sites is 1. The molecule has 1 N–H and O–H groups in total. The van der Waals surface area contributed by atoms with Crippen LogP contribution >= 0.6 is 11.8 Å². The number of carbonyl (C=O) groups is 1. The van der Waals surface area contributed by atoms with Gasteiger partial charge in [-0.25, -0.2) is 0 Å². The van der Waals surface area contributed by atoms with Crippen molar-refractivity contribution < 1.29 is 9.21 Å². The van der Waals surface area contributed by atoms with Gasteiger partial charge in [0.25, 0.3) is 5.22 Å². The van der Waals surface area contributed by atoms with Crippen LogP contribution in [0.15, 0.2) is 64.4 Å². The second kappa shape index (κ2) is 6.57. The predicted octanol–water partition coefficient (Wildman–Crippen LogP) is 4.50. The normalized spacial score (nSPS) is 11.1. The largest absolute Gasteiger partial charge is 0.411 e. The molecule has 5 nitrogen and oxygen atoms in total. The number of nitrogens with zero attached hydrogens (tertiary/aromatic N) is 2. The lowest BCUT2D eigenvalue weighted by molar-refractivity contribution is 0.102. The zero-order valence-electron chi connectivity index (χ0n) is 13.5. The van der Waals surface area contributed by atoms with Crippen LogP contribution in [-0.2, 0) is 0 Å². The Morgan fingerprint density at radius 3 is 2.92 bits per heavy atom. The highest BCUT2D eigenvalue weighted by atomic mass is 32.2. The van der Waals surface area contributed by atoms with Gasteiger partial charge in [0.15, 0.2) is 5.78 Å². The summed E-state index contributed by atoms with van der Waals surface area (Å²) < 4.78 is 5.66. The smallest absolute Gasteiger partial charge is 0.277 e. The van der Waals surface area contributed by atoms with Crippen molar-refractivity contribution in [3.63, 3.8) is 0 Å². The maximum absolute atomic E-state index is 12.5. The standard InChI is InChI=1S/C19H15N3O2S/c1-12-5-4-6-13(9-12)18-21-22-19(24-18)25-11-17(23)15-10-20-16-8-3-2-7-14(15)16/h2-10,20H,11H2,1H3. The third-order valence-electron chi connectivity index (χ3n) is 3.89. The SMILES string of the molecule is Cc1cccc(-c2nnc(SCC(=O)c3c[nH]c4ccccc34)o2)c1. The molecule has 4 aromatic rings. The van der Waals surface area contributed by atoms with Crippen molar-refractivity contribution in [2.45, 2.75) is 12.1 Å². The van der Waals surface area contributed by atoms with Gasteiger partial charge in [-0.05, 0) is 25.1 Å². The van der Waals surface area contributed by atoms with Crippen LogP contribution in [0.1, 0.15) is 15.9 Å². The molecule has 0 fully saturated rings. The van der Waals surface area contributed by atoms with Crippen molar-refractivity contribution in [3.8, 4) is 11.5 Å². The van der Waals surface area contributed by atoms with E-state index in [0.29, 0.717) is 16.7 Å². The molecule has 0 amide bonds. The number of thioether (sulfide) groups is 1. The van der Waals surface area contributed by atoms with E-state index >= 15 is 0 Å². The highest BCUT2D eigenvalue weighted by Gasteiger charge is 2.15. The summed E-state index contributed by atoms with van der Waals surface area (Å²) in [6, 6.07) is 15.6. The van der Waals surface area contributed by atoms with E-state index < -0.39 is 0 Å². The van der Waals surface area contributed by atoms with E-state index in [9.17, 15) is 4.79 Å². The zero-order valence-corrected chi connectivity index (χ0v) is 14.3. The van der Waals surface area contributed by atoms with Crippen molar-refractivity contribution in [2.75, 3.05) is 5.75 Å². The first-order valence-corrected chi connectivity index (χ1v) is 8.82. The van der Waals surface area contributed by atoms with Crippen molar-refractivity contribution in [1.29, 1.82) is 0 Å². The van der Waals surface area contributed by atoms with Crippen molar-refractivity contribution in [2.24, 2.45) is 0 Å². The minimum atomic E-state index is 0.0257. The average molecular weight is 349 g/mol. The Morgan fingerprint density at radius 1 is 1.16 bits per heavy atom. The molecule has 0 atom stereocenters. The fraction of sp³-hybridized carbons (Fsp3) is 0.105. The van der Waals surface area contributed by atoms with Crippen LogP contribution < -0.4 is 0 Å². The highest BCUT2D eigenvalue weighted by Crippen LogP contribution is 2.25. The molecule has 25 heavy (non-hydrogen) atoms. The Hall–Kier alpha value is -2.86. The molecule has 0 radical (unpaired) electrons. The lowest BCUT2D eigenvalue weighted by Gasteiger charge is -1.98. The molecule has 0 aliphatic carbocycles. The second-order valence-corrected chi connectivity index (χ2v) is 6.63. The van der Waals surface area contributed by atoms with Gasteiger partial charge in [-0.2, -0.15) is 0 Å². The van der Waals surface area contributed by atoms with Gasteiger partial charge in [0.2, 0.25) is 5.89 Å². The maximum Gasteiger partial charge on any atom is 0.277 e. The molecule has 4 rings (SSSR count). The number of aromatic nitrogens is 3. The third-order valence-corrected chi connectivity index (χ3v) is 4.71. The van der Waals surface area contributed by atoms with Crippen LogP contribution in [0.2, 0.25) is 0 Å². The minimum absolute atomic E-state index is 0.0257. The van der Waals surface area contributed by atoms with E-state index in [1.165, 1.54) is 11.8 Å². The van der Waals surface area contributed by atoms with E-state index in [4.69, 9.17) is 4.42 Å². The maximum atomic E-state index is 12.5. The minimum Gasteiger partial charge on any atom is -0.411 e. The quantitative estimate of drug-likeness (QED) is 0.424. The third kappa shape index (κ3) is 3.21. The molecule has 0 aliphatic rings. The Labute approximate surface area is 148 Å². The van der Waals surface area contributed by atoms with Crippen molar-refractivity contribution in [3.05, 3.63) is 65.9 Å². The summed E-state index contributed by atoms with van der Waals surface area (Å²) in [7, 11) is 0. The summed E-state index contributed by atoms with van der Waals surface area (Å²) in [5, 5.41) is 9.41. The molecule has 0 saturated heterocycles.